The van der Waals surface area contributed by atoms with Crippen molar-refractivity contribution in [2.24, 2.45) is 22.9 Å². The van der Waals surface area contributed by atoms with Gasteiger partial charge in [-0.2, -0.15) is 0 Å². The summed E-state index contributed by atoms with van der Waals surface area (Å²) in [6, 6.07) is 0.300. The molecule has 13 heavy (non-hydrogen) atoms. The van der Waals surface area contributed by atoms with Gasteiger partial charge in [-0.3, -0.25) is 0 Å². The van der Waals surface area contributed by atoms with E-state index in [4.69, 9.17) is 0 Å². The second-order valence-corrected chi connectivity index (χ2v) is 5.59. The molecule has 4 bridgehead atoms. The van der Waals surface area contributed by atoms with Crippen molar-refractivity contribution in [2.45, 2.75) is 43.7 Å². The highest BCUT2D eigenvalue weighted by atomic mass is 16.5. The van der Waals surface area contributed by atoms with E-state index in [1.807, 2.05) is 0 Å². The molecule has 0 radical (unpaired) electrons. The van der Waals surface area contributed by atoms with Crippen molar-refractivity contribution in [3.05, 3.63) is 5.21 Å². The molecule has 6 fully saturated rings. The maximum absolute atomic E-state index is 11.6. The molecule has 70 valence electrons. The SMILES string of the molecule is [O-][N+](=NC12CC(C1)C2)C1C2CC1C2. The molecule has 0 heterocycles. The molecule has 3 heteroatoms. The summed E-state index contributed by atoms with van der Waals surface area (Å²) in [6.07, 6.45) is 6.21. The number of azo groups is 1. The number of rotatable bonds is 2. The zero-order chi connectivity index (χ0) is 8.63. The van der Waals surface area contributed by atoms with Crippen molar-refractivity contribution in [1.82, 2.24) is 0 Å². The molecule has 6 saturated carbocycles. The van der Waals surface area contributed by atoms with Gasteiger partial charge in [0.05, 0.1) is 0 Å². The van der Waals surface area contributed by atoms with Crippen molar-refractivity contribution in [3.63, 3.8) is 0 Å². The molecule has 0 aliphatic heterocycles. The van der Waals surface area contributed by atoms with E-state index in [9.17, 15) is 5.21 Å². The van der Waals surface area contributed by atoms with Crippen molar-refractivity contribution < 1.29 is 4.86 Å². The molecule has 0 aromatic rings. The van der Waals surface area contributed by atoms with Crippen molar-refractivity contribution >= 4 is 0 Å². The Morgan fingerprint density at radius 1 is 1.15 bits per heavy atom. The first-order valence-corrected chi connectivity index (χ1v) is 5.45. The first-order chi connectivity index (χ1) is 6.26. The summed E-state index contributed by atoms with van der Waals surface area (Å²) in [5.41, 5.74) is 0.147. The fraction of sp³-hybridized carbons (Fsp3) is 1.00. The summed E-state index contributed by atoms with van der Waals surface area (Å²) in [6.45, 7) is 0. The largest absolute Gasteiger partial charge is 0.600 e. The molecule has 0 amide bonds. The van der Waals surface area contributed by atoms with Crippen LogP contribution in [0.15, 0.2) is 5.11 Å². The van der Waals surface area contributed by atoms with Gasteiger partial charge in [0, 0.05) is 11.8 Å². The van der Waals surface area contributed by atoms with Crippen LogP contribution in [-0.2, 0) is 0 Å². The first kappa shape index (κ1) is 6.80. The minimum absolute atomic E-state index is 0.147. The summed E-state index contributed by atoms with van der Waals surface area (Å²) in [5, 5.41) is 16.0. The van der Waals surface area contributed by atoms with Gasteiger partial charge in [-0.1, -0.05) is 4.86 Å². The molecule has 0 aromatic carbocycles. The number of hydroxylamine groups is 1. The van der Waals surface area contributed by atoms with Gasteiger partial charge in [-0.15, -0.1) is 0 Å². The van der Waals surface area contributed by atoms with Crippen LogP contribution in [0.5, 0.6) is 0 Å². The lowest BCUT2D eigenvalue weighted by molar-refractivity contribution is -0.630. The van der Waals surface area contributed by atoms with Crippen molar-refractivity contribution in [1.29, 1.82) is 0 Å². The molecule has 0 spiro atoms. The summed E-state index contributed by atoms with van der Waals surface area (Å²) in [7, 11) is 0. The minimum Gasteiger partial charge on any atom is -0.600 e. The molecule has 3 nitrogen and oxygen atoms in total. The Morgan fingerprint density at radius 3 is 2.08 bits per heavy atom. The standard InChI is InChI=1S/C10H14N2O/c13-12(9-7-1-8(9)2-7)11-10-3-6(4-10)5-10/h6-9H,1-5H2. The van der Waals surface area contributed by atoms with Gasteiger partial charge in [0.25, 0.3) is 0 Å². The van der Waals surface area contributed by atoms with Crippen LogP contribution in [0.4, 0.5) is 0 Å². The van der Waals surface area contributed by atoms with Gasteiger partial charge in [-0.05, 0) is 43.1 Å². The Labute approximate surface area is 77.4 Å². The monoisotopic (exact) mass is 178 g/mol. The van der Waals surface area contributed by atoms with Gasteiger partial charge in [-0.25, -0.2) is 0 Å². The quantitative estimate of drug-likeness (QED) is 0.361. The zero-order valence-corrected chi connectivity index (χ0v) is 7.65. The lowest BCUT2D eigenvalue weighted by Gasteiger charge is -2.58. The fourth-order valence-corrected chi connectivity index (χ4v) is 3.45. The average molecular weight is 178 g/mol. The maximum Gasteiger partial charge on any atom is 0.195 e. The van der Waals surface area contributed by atoms with E-state index < -0.39 is 0 Å². The van der Waals surface area contributed by atoms with E-state index in [1.165, 1.54) is 32.1 Å². The number of hydrogen-bond donors (Lipinski definition) is 0. The number of hydrogen-bond acceptors (Lipinski definition) is 2. The summed E-state index contributed by atoms with van der Waals surface area (Å²) in [4.78, 5) is 1.08. The highest BCUT2D eigenvalue weighted by Gasteiger charge is 2.63. The molecule has 6 rings (SSSR count). The molecular formula is C10H14N2O. The predicted molar refractivity (Wildman–Crippen MR) is 46.1 cm³/mol. The van der Waals surface area contributed by atoms with Crippen molar-refractivity contribution in [2.75, 3.05) is 0 Å². The van der Waals surface area contributed by atoms with Crippen molar-refractivity contribution in [3.8, 4) is 0 Å². The Bertz CT molecular complexity index is 281. The Morgan fingerprint density at radius 2 is 1.77 bits per heavy atom. The lowest BCUT2D eigenvalue weighted by atomic mass is 9.50. The highest BCUT2D eigenvalue weighted by molar-refractivity contribution is 5.13. The zero-order valence-electron chi connectivity index (χ0n) is 7.65. The number of nitrogens with zero attached hydrogens (tertiary/aromatic N) is 2. The maximum atomic E-state index is 11.6. The normalized spacial score (nSPS) is 61.4. The van der Waals surface area contributed by atoms with Crippen LogP contribution >= 0.6 is 0 Å². The molecule has 0 unspecified atom stereocenters. The van der Waals surface area contributed by atoms with Crippen LogP contribution in [0.2, 0.25) is 0 Å². The minimum atomic E-state index is 0.147. The lowest BCUT2D eigenvalue weighted by Crippen LogP contribution is -2.62. The highest BCUT2D eigenvalue weighted by Crippen LogP contribution is 2.61. The third-order valence-electron chi connectivity index (χ3n) is 4.75. The molecule has 0 atom stereocenters. The van der Waals surface area contributed by atoms with Gasteiger partial charge in [0.15, 0.2) is 6.04 Å². The molecule has 0 aromatic heterocycles. The smallest absolute Gasteiger partial charge is 0.195 e. The summed E-state index contributed by atoms with van der Waals surface area (Å²) in [5.74, 6) is 2.34. The van der Waals surface area contributed by atoms with E-state index in [2.05, 4.69) is 5.11 Å². The van der Waals surface area contributed by atoms with E-state index >= 15 is 0 Å². The van der Waals surface area contributed by atoms with Crippen LogP contribution < -0.4 is 0 Å². The molecule has 0 saturated heterocycles. The fourth-order valence-electron chi connectivity index (χ4n) is 3.45. The molecule has 6 aliphatic rings. The summed E-state index contributed by atoms with van der Waals surface area (Å²) >= 11 is 0. The van der Waals surface area contributed by atoms with E-state index in [0.717, 1.165) is 10.8 Å². The molecular weight excluding hydrogens is 164 g/mol. The van der Waals surface area contributed by atoms with Crippen LogP contribution in [0.25, 0.3) is 0 Å². The summed E-state index contributed by atoms with van der Waals surface area (Å²) < 4.78 is 0. The van der Waals surface area contributed by atoms with E-state index in [-0.39, 0.29) is 5.54 Å². The second-order valence-electron chi connectivity index (χ2n) is 5.59. The third-order valence-corrected chi connectivity index (χ3v) is 4.75. The van der Waals surface area contributed by atoms with E-state index in [0.29, 0.717) is 17.9 Å². The van der Waals surface area contributed by atoms with Gasteiger partial charge < -0.3 is 5.21 Å². The topological polar surface area (TPSA) is 38.4 Å². The van der Waals surface area contributed by atoms with Crippen LogP contribution in [0.3, 0.4) is 0 Å². The molecule has 0 N–H and O–H groups in total. The Balaban J connectivity index is 1.53. The first-order valence-electron chi connectivity index (χ1n) is 5.45. The van der Waals surface area contributed by atoms with Gasteiger partial charge in [0.1, 0.15) is 5.54 Å². The Kier molecular flexibility index (Phi) is 0.925. The van der Waals surface area contributed by atoms with Crippen LogP contribution in [0.1, 0.15) is 32.1 Å². The molecule has 6 aliphatic carbocycles. The van der Waals surface area contributed by atoms with Crippen LogP contribution in [0, 0.1) is 23.0 Å². The Hall–Kier alpha value is -0.600. The van der Waals surface area contributed by atoms with Gasteiger partial charge in [0.2, 0.25) is 0 Å². The van der Waals surface area contributed by atoms with Crippen LogP contribution in [-0.4, -0.2) is 16.4 Å². The van der Waals surface area contributed by atoms with Gasteiger partial charge >= 0.3 is 0 Å². The average Bonchev–Trinajstić information content (AvgIpc) is 1.66. The third kappa shape index (κ3) is 0.649. The predicted octanol–water partition coefficient (Wildman–Crippen LogP) is 1.91. The second kappa shape index (κ2) is 1.77. The van der Waals surface area contributed by atoms with E-state index in [1.54, 1.807) is 0 Å².